The Balaban J connectivity index is 0.000000177. The fourth-order valence-corrected chi connectivity index (χ4v) is 16.5. The molecule has 16 nitrogen and oxygen atoms in total. The first kappa shape index (κ1) is 97.1. The molecule has 7 saturated heterocycles. The smallest absolute Gasteiger partial charge is 0.319 e. The third-order valence-corrected chi connectivity index (χ3v) is 23.6. The second kappa shape index (κ2) is 49.1. The first-order valence-corrected chi connectivity index (χ1v) is 44.0. The number of halogens is 6. The number of hydrogen-bond acceptors (Lipinski definition) is 14. The van der Waals surface area contributed by atoms with Crippen molar-refractivity contribution in [2.45, 2.75) is 227 Å². The van der Waals surface area contributed by atoms with Gasteiger partial charge >= 0.3 is 6.03 Å². The topological polar surface area (TPSA) is 140 Å². The summed E-state index contributed by atoms with van der Waals surface area (Å²) in [5.41, 5.74) is 12.6. The van der Waals surface area contributed by atoms with Gasteiger partial charge in [-0.3, -0.25) is 39.2 Å². The molecule has 7 aliphatic rings. The van der Waals surface area contributed by atoms with Crippen LogP contribution in [0.1, 0.15) is 230 Å². The van der Waals surface area contributed by atoms with E-state index in [1.54, 1.807) is 91.8 Å². The summed E-state index contributed by atoms with van der Waals surface area (Å²) in [4.78, 5) is 34.0. The fraction of sp³-hybridized carbons (Fsp3) is 0.615. The standard InChI is InChI=1S/C18H27FN2O.C17H26FN3O.C16H25FN2O.3C15H22FNO/c1-14(2)16-9-15(10-17(19)11-16)12-20-4-3-18(13-20)21-5-7-22-8-6-21;1-13(2)15-9-14(10-16(18)11-15)12-20-5-7-21(8-6-20)17(22)19(3)4;1-13(2)15-9-14(10-16(17)11-15)12-19-5-3-18(4-6-19)7-8-20;1-11(2)13-7-12(8-14(16)9-13)10-17-5-3-15(18)4-6-17;2*1-11(2)13-6-12(7-14(16)8-13)9-17-5-3-4-15(18)10-17/h9-11,14,18H,3-8,12-13H2,1-2H3;9-11,13H,5-8,12H2,1-4H3;9-11,13,20H,3-8,12H2,1-2H3;7-9,11,15,18H,3-6,10H2,1-2H3;2*6-8,11,15,18H,3-5,9-10H2,1-2H3/t;;;;15-;/m....1./s1. The molecule has 118 heavy (non-hydrogen) atoms. The van der Waals surface area contributed by atoms with Gasteiger partial charge in [0.1, 0.15) is 34.9 Å². The number of likely N-dealkylation sites (tertiary alicyclic amines) is 4. The van der Waals surface area contributed by atoms with Gasteiger partial charge in [-0.2, -0.15) is 0 Å². The highest BCUT2D eigenvalue weighted by Crippen LogP contribution is 2.29. The molecule has 0 bridgehead atoms. The second-order valence-corrected chi connectivity index (χ2v) is 36.0. The number of benzene rings is 6. The number of aliphatic hydroxyl groups excluding tert-OH is 4. The van der Waals surface area contributed by atoms with Crippen molar-refractivity contribution >= 4 is 6.03 Å². The third-order valence-electron chi connectivity index (χ3n) is 23.6. The molecule has 656 valence electrons. The molecule has 0 radical (unpaired) electrons. The van der Waals surface area contributed by atoms with Crippen LogP contribution >= 0.6 is 0 Å². The molecule has 0 aromatic heterocycles. The van der Waals surface area contributed by atoms with Crippen molar-refractivity contribution in [1.29, 1.82) is 0 Å². The number of ether oxygens (including phenoxy) is 1. The van der Waals surface area contributed by atoms with Gasteiger partial charge in [0.05, 0.1) is 38.1 Å². The molecule has 7 aliphatic heterocycles. The van der Waals surface area contributed by atoms with E-state index in [-0.39, 0.29) is 65.9 Å². The number of piperidine rings is 3. The van der Waals surface area contributed by atoms with Gasteiger partial charge in [0.25, 0.3) is 0 Å². The van der Waals surface area contributed by atoms with Crippen LogP contribution in [0.15, 0.2) is 109 Å². The van der Waals surface area contributed by atoms with Gasteiger partial charge in [0.15, 0.2) is 0 Å². The van der Waals surface area contributed by atoms with Crippen molar-refractivity contribution in [3.8, 4) is 0 Å². The Bertz CT molecular complexity index is 3880. The zero-order valence-electron chi connectivity index (χ0n) is 73.8. The summed E-state index contributed by atoms with van der Waals surface area (Å²) in [6.45, 7) is 48.9. The molecule has 13 rings (SSSR count). The summed E-state index contributed by atoms with van der Waals surface area (Å²) in [6.07, 6.45) is 6.08. The minimum Gasteiger partial charge on any atom is -0.395 e. The largest absolute Gasteiger partial charge is 0.395 e. The van der Waals surface area contributed by atoms with Crippen molar-refractivity contribution in [2.75, 3.05) is 158 Å². The first-order valence-electron chi connectivity index (χ1n) is 44.0. The average molecular weight is 1650 g/mol. The van der Waals surface area contributed by atoms with Crippen molar-refractivity contribution in [3.63, 3.8) is 0 Å². The predicted molar refractivity (Wildman–Crippen MR) is 465 cm³/mol. The second-order valence-electron chi connectivity index (χ2n) is 36.0. The Labute approximate surface area is 704 Å². The summed E-state index contributed by atoms with van der Waals surface area (Å²) < 4.78 is 87.2. The van der Waals surface area contributed by atoms with Gasteiger partial charge < -0.3 is 35.0 Å². The fourth-order valence-electron chi connectivity index (χ4n) is 16.5. The molecule has 2 unspecified atom stereocenters. The number of aliphatic hydroxyl groups is 4. The van der Waals surface area contributed by atoms with E-state index in [4.69, 9.17) is 9.84 Å². The Kier molecular flexibility index (Phi) is 40.4. The maximum atomic E-state index is 13.8. The molecule has 6 aromatic carbocycles. The number of hydrogen-bond donors (Lipinski definition) is 4. The Morgan fingerprint density at radius 3 is 0.924 bits per heavy atom. The van der Waals surface area contributed by atoms with Gasteiger partial charge in [0, 0.05) is 171 Å². The van der Waals surface area contributed by atoms with Crippen LogP contribution in [-0.4, -0.2) is 258 Å². The van der Waals surface area contributed by atoms with Gasteiger partial charge in [0.2, 0.25) is 0 Å². The number of nitrogens with zero attached hydrogens (tertiary/aromatic N) is 10. The van der Waals surface area contributed by atoms with E-state index >= 15 is 0 Å². The monoisotopic (exact) mass is 1650 g/mol. The minimum absolute atomic E-state index is 0.0625. The Hall–Kier alpha value is -6.35. The van der Waals surface area contributed by atoms with E-state index in [9.17, 15) is 46.5 Å². The van der Waals surface area contributed by atoms with E-state index in [2.05, 4.69) is 159 Å². The highest BCUT2D eigenvalue weighted by Gasteiger charge is 2.30. The molecule has 7 heterocycles. The molecular formula is C96H144F6N10O6. The number of carbonyl (C=O) groups is 1. The number of β-amino-alcohol motifs (C(OH)–C–C–N with tert-alkyl or cyclic N) is 3. The van der Waals surface area contributed by atoms with Gasteiger partial charge in [-0.15, -0.1) is 0 Å². The lowest BCUT2D eigenvalue weighted by molar-refractivity contribution is 0.0184. The normalized spacial score (nSPS) is 19.9. The molecule has 22 heteroatoms. The number of morpholine rings is 1. The average Bonchev–Trinajstić information content (AvgIpc) is 1.01. The highest BCUT2D eigenvalue weighted by molar-refractivity contribution is 5.74. The number of carbonyl (C=O) groups excluding carboxylic acids is 1. The molecule has 0 saturated carbocycles. The number of urea groups is 1. The lowest BCUT2D eigenvalue weighted by atomic mass is 10.00. The Morgan fingerprint density at radius 2 is 0.627 bits per heavy atom. The summed E-state index contributed by atoms with van der Waals surface area (Å²) in [5.74, 6) is 1.21. The van der Waals surface area contributed by atoms with Crippen LogP contribution in [0.25, 0.3) is 0 Å². The highest BCUT2D eigenvalue weighted by atomic mass is 19.1. The third kappa shape index (κ3) is 33.8. The van der Waals surface area contributed by atoms with Gasteiger partial charge in [-0.1, -0.05) is 119 Å². The number of rotatable bonds is 21. The minimum atomic E-state index is -0.225. The molecule has 7 fully saturated rings. The van der Waals surface area contributed by atoms with Crippen LogP contribution < -0.4 is 0 Å². The summed E-state index contributed by atoms with van der Waals surface area (Å²) in [6, 6.07) is 32.8. The zero-order chi connectivity index (χ0) is 85.7. The Morgan fingerprint density at radius 1 is 0.347 bits per heavy atom. The predicted octanol–water partition coefficient (Wildman–Crippen LogP) is 16.4. The summed E-state index contributed by atoms with van der Waals surface area (Å²) in [5, 5.41) is 37.7. The van der Waals surface area contributed by atoms with Crippen LogP contribution in [0.4, 0.5) is 31.1 Å². The lowest BCUT2D eigenvalue weighted by Crippen LogP contribution is -2.51. The van der Waals surface area contributed by atoms with Crippen molar-refractivity contribution < 1.29 is 56.3 Å². The van der Waals surface area contributed by atoms with Crippen LogP contribution in [-0.2, 0) is 44.0 Å². The molecule has 6 aromatic rings. The van der Waals surface area contributed by atoms with Crippen LogP contribution in [0.3, 0.4) is 0 Å². The quantitative estimate of drug-likeness (QED) is 0.0508. The lowest BCUT2D eigenvalue weighted by Gasteiger charge is -2.36. The molecule has 4 N–H and O–H groups in total. The van der Waals surface area contributed by atoms with E-state index in [0.29, 0.717) is 54.6 Å². The van der Waals surface area contributed by atoms with E-state index in [1.165, 1.54) is 6.42 Å². The molecule has 0 aliphatic carbocycles. The van der Waals surface area contributed by atoms with Crippen LogP contribution in [0.5, 0.6) is 0 Å². The number of amides is 2. The van der Waals surface area contributed by atoms with E-state index in [1.807, 2.05) is 4.90 Å². The van der Waals surface area contributed by atoms with Crippen molar-refractivity contribution in [2.24, 2.45) is 0 Å². The van der Waals surface area contributed by atoms with E-state index < -0.39 is 0 Å². The summed E-state index contributed by atoms with van der Waals surface area (Å²) >= 11 is 0. The van der Waals surface area contributed by atoms with Crippen molar-refractivity contribution in [3.05, 3.63) is 211 Å². The van der Waals surface area contributed by atoms with Gasteiger partial charge in [-0.05, 0) is 233 Å². The van der Waals surface area contributed by atoms with Crippen molar-refractivity contribution in [1.82, 2.24) is 49.0 Å². The van der Waals surface area contributed by atoms with E-state index in [0.717, 1.165) is 269 Å². The SMILES string of the molecule is CC(C)c1cc(F)cc(CN2CCC(N3CCOCC3)C2)c1.CC(C)c1cc(F)cc(CN2CCC(O)CC2)c1.CC(C)c1cc(F)cc(CN2CCCC(O)C2)c1.CC(C)c1cc(F)cc(CN2CCC[C@@H](O)C2)c1.CC(C)c1cc(F)cc(CN2CCN(C(=O)N(C)C)CC2)c1.CC(C)c1cc(F)cc(CN2CCN(CCO)CC2)c1. The molecule has 0 spiro atoms. The molecule has 2 amide bonds. The van der Waals surface area contributed by atoms with Crippen LogP contribution in [0.2, 0.25) is 0 Å². The first-order chi connectivity index (χ1) is 56.2. The zero-order valence-corrected chi connectivity index (χ0v) is 73.8. The van der Waals surface area contributed by atoms with Gasteiger partial charge in [-0.25, -0.2) is 31.1 Å². The molecule has 3 atom stereocenters. The maximum Gasteiger partial charge on any atom is 0.319 e. The summed E-state index contributed by atoms with van der Waals surface area (Å²) in [7, 11) is 3.55. The number of piperazine rings is 2. The van der Waals surface area contributed by atoms with Crippen LogP contribution in [0, 0.1) is 34.9 Å². The maximum absolute atomic E-state index is 13.8. The molecular weight excluding hydrogens is 1500 g/mol.